The van der Waals surface area contributed by atoms with Gasteiger partial charge in [0.05, 0.1) is 14.5 Å². The minimum atomic E-state index is -0.276. The molecule has 120 valence electrons. The Morgan fingerprint density at radius 3 is 2.35 bits per heavy atom. The van der Waals surface area contributed by atoms with Crippen molar-refractivity contribution in [2.24, 2.45) is 0 Å². The highest BCUT2D eigenvalue weighted by atomic mass is 127. The van der Waals surface area contributed by atoms with E-state index in [0.717, 1.165) is 7.14 Å². The van der Waals surface area contributed by atoms with Crippen LogP contribution >= 0.6 is 89.3 Å². The lowest BCUT2D eigenvalue weighted by Crippen LogP contribution is -2.34. The summed E-state index contributed by atoms with van der Waals surface area (Å²) < 4.78 is 2.84. The molecule has 0 fully saturated rings. The molecule has 0 atom stereocenters. The largest absolute Gasteiger partial charge is 0.506 e. The van der Waals surface area contributed by atoms with Gasteiger partial charge in [0.15, 0.2) is 5.11 Å². The lowest BCUT2D eigenvalue weighted by Gasteiger charge is -2.12. The predicted octanol–water partition coefficient (Wildman–Crippen LogP) is 5.25. The molecule has 0 unspecified atom stereocenters. The lowest BCUT2D eigenvalue weighted by atomic mass is 10.2. The van der Waals surface area contributed by atoms with E-state index in [0.29, 0.717) is 20.2 Å². The molecule has 0 spiro atoms. The topological polar surface area (TPSA) is 61.4 Å². The first-order valence-corrected chi connectivity index (χ1v) is 10.2. The van der Waals surface area contributed by atoms with Crippen molar-refractivity contribution in [1.82, 2.24) is 5.32 Å². The van der Waals surface area contributed by atoms with Gasteiger partial charge in [-0.2, -0.15) is 0 Å². The molecule has 3 N–H and O–H groups in total. The lowest BCUT2D eigenvalue weighted by molar-refractivity contribution is 0.0977. The molecule has 0 aliphatic heterocycles. The molecule has 0 aliphatic carbocycles. The van der Waals surface area contributed by atoms with Crippen molar-refractivity contribution in [3.8, 4) is 5.75 Å². The van der Waals surface area contributed by atoms with Crippen LogP contribution in [0.1, 0.15) is 10.4 Å². The summed E-state index contributed by atoms with van der Waals surface area (Å²) in [6.45, 7) is 0. The molecule has 0 aliphatic rings. The molecule has 2 aromatic carbocycles. The van der Waals surface area contributed by atoms with Crippen molar-refractivity contribution in [3.05, 3.63) is 52.0 Å². The number of hydrogen-bond donors (Lipinski definition) is 3. The molecule has 1 amide bonds. The van der Waals surface area contributed by atoms with Crippen LogP contribution in [0.4, 0.5) is 5.69 Å². The van der Waals surface area contributed by atoms with Gasteiger partial charge < -0.3 is 10.4 Å². The minimum Gasteiger partial charge on any atom is -0.506 e. The first kappa shape index (κ1) is 19.3. The van der Waals surface area contributed by atoms with E-state index < -0.39 is 0 Å². The van der Waals surface area contributed by atoms with Crippen molar-refractivity contribution in [3.63, 3.8) is 0 Å². The monoisotopic (exact) mass is 680 g/mol. The summed E-state index contributed by atoms with van der Waals surface area (Å²) >= 11 is 15.9. The summed E-state index contributed by atoms with van der Waals surface area (Å²) in [6.07, 6.45) is 0. The van der Waals surface area contributed by atoms with Crippen LogP contribution < -0.4 is 10.6 Å². The summed E-state index contributed by atoms with van der Waals surface area (Å²) in [5.74, 6) is -0.179. The fourth-order valence-electron chi connectivity index (χ4n) is 1.64. The van der Waals surface area contributed by atoms with Gasteiger partial charge in [0.25, 0.3) is 5.91 Å². The van der Waals surface area contributed by atoms with Crippen molar-refractivity contribution in [1.29, 1.82) is 0 Å². The molecule has 4 nitrogen and oxygen atoms in total. The molecular weight excluding hydrogens is 674 g/mol. The quantitative estimate of drug-likeness (QED) is 0.230. The third kappa shape index (κ3) is 5.25. The molecule has 2 aromatic rings. The van der Waals surface area contributed by atoms with Crippen LogP contribution in [0.25, 0.3) is 0 Å². The van der Waals surface area contributed by atoms with Crippen molar-refractivity contribution >= 4 is 106 Å². The molecule has 9 heteroatoms. The van der Waals surface area contributed by atoms with E-state index in [9.17, 15) is 9.90 Å². The van der Waals surface area contributed by atoms with Crippen LogP contribution in [0.5, 0.6) is 5.75 Å². The maximum Gasteiger partial charge on any atom is 0.258 e. The van der Waals surface area contributed by atoms with Crippen molar-refractivity contribution in [2.45, 2.75) is 0 Å². The molecule has 0 aromatic heterocycles. The third-order valence-electron chi connectivity index (χ3n) is 2.67. The number of thiocarbonyl (C=S) groups is 1. The standard InChI is InChI=1S/C14H8Br2I2N2O2S/c15-9-4-7(5-10(16)12(9)21)19-14(23)20-13(22)8-3-6(17)1-2-11(8)18/h1-5,21H,(H2,19,20,22,23). The first-order chi connectivity index (χ1) is 10.8. The SMILES string of the molecule is O=C(NC(=S)Nc1cc(Br)c(O)c(Br)c1)c1cc(I)ccc1I. The highest BCUT2D eigenvalue weighted by Crippen LogP contribution is 2.35. The van der Waals surface area contributed by atoms with E-state index in [1.165, 1.54) is 0 Å². The molecule has 0 radical (unpaired) electrons. The Morgan fingerprint density at radius 1 is 1.13 bits per heavy atom. The maximum atomic E-state index is 12.3. The summed E-state index contributed by atoms with van der Waals surface area (Å²) in [7, 11) is 0. The number of benzene rings is 2. The highest BCUT2D eigenvalue weighted by molar-refractivity contribution is 14.1. The molecule has 0 saturated heterocycles. The Labute approximate surface area is 182 Å². The van der Waals surface area contributed by atoms with Gasteiger partial charge in [0.1, 0.15) is 5.75 Å². The predicted molar refractivity (Wildman–Crippen MR) is 119 cm³/mol. The Hall–Kier alpha value is 0.0200. The van der Waals surface area contributed by atoms with E-state index >= 15 is 0 Å². The fraction of sp³-hybridized carbons (Fsp3) is 0. The zero-order valence-corrected chi connectivity index (χ0v) is 19.5. The second-order valence-electron chi connectivity index (χ2n) is 4.32. The summed E-state index contributed by atoms with van der Waals surface area (Å²) in [5, 5.41) is 15.4. The minimum absolute atomic E-state index is 0.0962. The van der Waals surface area contributed by atoms with Gasteiger partial charge in [-0.1, -0.05) is 0 Å². The van der Waals surface area contributed by atoms with E-state index in [1.54, 1.807) is 18.2 Å². The first-order valence-electron chi connectivity index (χ1n) is 6.03. The number of aromatic hydroxyl groups is 1. The maximum absolute atomic E-state index is 12.3. The average molecular weight is 682 g/mol. The molecule has 0 bridgehead atoms. The van der Waals surface area contributed by atoms with E-state index in [4.69, 9.17) is 12.2 Å². The van der Waals surface area contributed by atoms with Gasteiger partial charge in [-0.15, -0.1) is 0 Å². The van der Waals surface area contributed by atoms with E-state index in [-0.39, 0.29) is 16.8 Å². The highest BCUT2D eigenvalue weighted by Gasteiger charge is 2.13. The zero-order valence-electron chi connectivity index (χ0n) is 11.2. The number of hydrogen-bond acceptors (Lipinski definition) is 3. The number of anilines is 1. The normalized spacial score (nSPS) is 10.3. The van der Waals surface area contributed by atoms with Gasteiger partial charge in [0, 0.05) is 12.8 Å². The molecule has 23 heavy (non-hydrogen) atoms. The Bertz CT molecular complexity index is 779. The van der Waals surface area contributed by atoms with Crippen LogP contribution in [-0.2, 0) is 0 Å². The Morgan fingerprint density at radius 2 is 1.74 bits per heavy atom. The number of rotatable bonds is 2. The number of phenolic OH excluding ortho intramolecular Hbond substituents is 1. The van der Waals surface area contributed by atoms with Crippen LogP contribution in [-0.4, -0.2) is 16.1 Å². The van der Waals surface area contributed by atoms with Gasteiger partial charge >= 0.3 is 0 Å². The third-order valence-corrected chi connectivity index (χ3v) is 5.70. The number of carbonyl (C=O) groups excluding carboxylic acids is 1. The summed E-state index contributed by atoms with van der Waals surface area (Å²) in [4.78, 5) is 12.3. The number of phenols is 1. The number of halogens is 4. The van der Waals surface area contributed by atoms with Crippen LogP contribution in [0.3, 0.4) is 0 Å². The summed E-state index contributed by atoms with van der Waals surface area (Å²) in [5.41, 5.74) is 1.19. The molecule has 0 heterocycles. The molecular formula is C14H8Br2I2N2O2S. The van der Waals surface area contributed by atoms with Crippen molar-refractivity contribution in [2.75, 3.05) is 5.32 Å². The number of nitrogens with one attached hydrogen (secondary N) is 2. The smallest absolute Gasteiger partial charge is 0.258 e. The van der Waals surface area contributed by atoms with Crippen LogP contribution in [0.2, 0.25) is 0 Å². The van der Waals surface area contributed by atoms with Crippen LogP contribution in [0, 0.1) is 7.14 Å². The van der Waals surface area contributed by atoms with Gasteiger partial charge in [0.2, 0.25) is 0 Å². The zero-order chi connectivity index (χ0) is 17.1. The molecule has 0 saturated carbocycles. The van der Waals surface area contributed by atoms with Crippen molar-refractivity contribution < 1.29 is 9.90 Å². The summed E-state index contributed by atoms with van der Waals surface area (Å²) in [6, 6.07) is 8.93. The van der Waals surface area contributed by atoms with E-state index in [2.05, 4.69) is 87.7 Å². The second-order valence-corrected chi connectivity index (χ2v) is 8.85. The Kier molecular flexibility index (Phi) is 7.07. The Balaban J connectivity index is 2.10. The number of carbonyl (C=O) groups is 1. The average Bonchev–Trinajstić information content (AvgIpc) is 2.46. The van der Waals surface area contributed by atoms with Gasteiger partial charge in [-0.05, 0) is 120 Å². The van der Waals surface area contributed by atoms with Gasteiger partial charge in [-0.25, -0.2) is 0 Å². The molecule has 2 rings (SSSR count). The van der Waals surface area contributed by atoms with Gasteiger partial charge in [-0.3, -0.25) is 10.1 Å². The second kappa shape index (κ2) is 8.41. The van der Waals surface area contributed by atoms with E-state index in [1.807, 2.05) is 12.1 Å². The number of amides is 1. The fourth-order valence-corrected chi connectivity index (χ4v) is 4.11. The van der Waals surface area contributed by atoms with Crippen LogP contribution in [0.15, 0.2) is 39.3 Å².